The fraction of sp³-hybridized carbons (Fsp3) is 0.0127. The third-order valence-electron chi connectivity index (χ3n) is 16.7. The highest BCUT2D eigenvalue weighted by Crippen LogP contribution is 2.63. The number of nitrogens with zero attached hydrogens (tertiary/aromatic N) is 2. The van der Waals surface area contributed by atoms with Crippen LogP contribution < -0.4 is 9.80 Å². The van der Waals surface area contributed by atoms with Gasteiger partial charge in [-0.15, -0.1) is 0 Å². The van der Waals surface area contributed by atoms with E-state index in [1.807, 2.05) is 0 Å². The van der Waals surface area contributed by atoms with E-state index in [1.54, 1.807) is 0 Å². The van der Waals surface area contributed by atoms with E-state index in [0.29, 0.717) is 0 Å². The number of anilines is 6. The summed E-state index contributed by atoms with van der Waals surface area (Å²) in [6.45, 7) is 0. The molecule has 0 atom stereocenters. The van der Waals surface area contributed by atoms with Crippen molar-refractivity contribution in [2.24, 2.45) is 0 Å². The van der Waals surface area contributed by atoms with Crippen LogP contribution in [0.15, 0.2) is 328 Å². The summed E-state index contributed by atoms with van der Waals surface area (Å²) in [6.07, 6.45) is 0. The second-order valence-electron chi connectivity index (χ2n) is 21.1. The normalized spacial score (nSPS) is 12.3. The van der Waals surface area contributed by atoms with Crippen molar-refractivity contribution in [3.8, 4) is 44.5 Å². The minimum atomic E-state index is -0.774. The monoisotopic (exact) mass is 1030 g/mol. The third-order valence-corrected chi connectivity index (χ3v) is 16.7. The third kappa shape index (κ3) is 7.95. The molecule has 380 valence electrons. The molecule has 0 unspecified atom stereocenters. The summed E-state index contributed by atoms with van der Waals surface area (Å²) in [5.41, 5.74) is 20.3. The molecule has 0 aliphatic heterocycles. The maximum Gasteiger partial charge on any atom is 0.0720 e. The van der Waals surface area contributed by atoms with E-state index in [2.05, 4.69) is 337 Å². The second-order valence-corrected chi connectivity index (χ2v) is 21.1. The number of hydrogen-bond donors (Lipinski definition) is 0. The zero-order valence-corrected chi connectivity index (χ0v) is 44.6. The summed E-state index contributed by atoms with van der Waals surface area (Å²) in [6, 6.07) is 121. The number of hydrogen-bond acceptors (Lipinski definition) is 2. The first-order valence-corrected chi connectivity index (χ1v) is 28.0. The lowest BCUT2D eigenvalue weighted by Gasteiger charge is -2.36. The van der Waals surface area contributed by atoms with Gasteiger partial charge in [-0.2, -0.15) is 0 Å². The summed E-state index contributed by atoms with van der Waals surface area (Å²) in [5.74, 6) is 0. The van der Waals surface area contributed by atoms with E-state index >= 15 is 0 Å². The molecule has 0 heterocycles. The van der Waals surface area contributed by atoms with Gasteiger partial charge in [0.05, 0.1) is 16.8 Å². The molecular weight excluding hydrogens is 977 g/mol. The SMILES string of the molecule is c1ccc(-c2ccc(N(c3ccccc3)c3ccc4c5c(c6ccccc6c4c3)-c3c(cc(N(c4ccccc4)c4ccc(-c6ccccc6)cc4-c4ccccc4)c4ccccc34)C5(c3ccccc3)c3ccccc3)cc2)cc1. The van der Waals surface area contributed by atoms with Gasteiger partial charge >= 0.3 is 0 Å². The molecule has 0 amide bonds. The first-order chi connectivity index (χ1) is 40.2. The van der Waals surface area contributed by atoms with Crippen LogP contribution in [0.1, 0.15) is 22.3 Å². The van der Waals surface area contributed by atoms with Gasteiger partial charge in [-0.05, 0) is 155 Å². The van der Waals surface area contributed by atoms with Crippen LogP contribution in [0.25, 0.3) is 76.8 Å². The molecule has 1 aliphatic rings. The molecule has 0 bridgehead atoms. The lowest BCUT2D eigenvalue weighted by Crippen LogP contribution is -2.29. The predicted octanol–water partition coefficient (Wildman–Crippen LogP) is 21.4. The fourth-order valence-corrected chi connectivity index (χ4v) is 13.2. The Kier molecular flexibility index (Phi) is 11.8. The predicted molar refractivity (Wildman–Crippen MR) is 342 cm³/mol. The molecule has 0 N–H and O–H groups in total. The molecule has 0 saturated carbocycles. The zero-order valence-electron chi connectivity index (χ0n) is 44.6. The molecule has 0 aromatic heterocycles. The Balaban J connectivity index is 1.04. The van der Waals surface area contributed by atoms with Crippen molar-refractivity contribution in [3.63, 3.8) is 0 Å². The van der Waals surface area contributed by atoms with E-state index in [0.717, 1.165) is 45.3 Å². The molecule has 0 radical (unpaired) electrons. The highest BCUT2D eigenvalue weighted by atomic mass is 15.2. The highest BCUT2D eigenvalue weighted by Gasteiger charge is 2.49. The molecule has 14 aromatic carbocycles. The molecule has 0 spiro atoms. The molecule has 81 heavy (non-hydrogen) atoms. The minimum absolute atomic E-state index is 0.774. The summed E-state index contributed by atoms with van der Waals surface area (Å²) < 4.78 is 0. The van der Waals surface area contributed by atoms with Gasteiger partial charge in [0.1, 0.15) is 0 Å². The lowest BCUT2D eigenvalue weighted by molar-refractivity contribution is 0.776. The van der Waals surface area contributed by atoms with Gasteiger partial charge in [0.25, 0.3) is 0 Å². The van der Waals surface area contributed by atoms with Crippen molar-refractivity contribution in [2.75, 3.05) is 9.80 Å². The molecule has 1 aliphatic carbocycles. The molecule has 14 aromatic rings. The van der Waals surface area contributed by atoms with Gasteiger partial charge < -0.3 is 9.80 Å². The van der Waals surface area contributed by atoms with Crippen molar-refractivity contribution in [2.45, 2.75) is 5.41 Å². The number of para-hydroxylation sites is 2. The van der Waals surface area contributed by atoms with Crippen LogP contribution in [-0.2, 0) is 5.41 Å². The van der Waals surface area contributed by atoms with E-state index < -0.39 is 5.41 Å². The summed E-state index contributed by atoms with van der Waals surface area (Å²) in [7, 11) is 0. The smallest absolute Gasteiger partial charge is 0.0720 e. The summed E-state index contributed by atoms with van der Waals surface area (Å²) in [5, 5.41) is 7.25. The van der Waals surface area contributed by atoms with Crippen molar-refractivity contribution in [1.29, 1.82) is 0 Å². The number of benzene rings is 14. The molecule has 2 heteroatoms. The number of rotatable bonds is 11. The quantitative estimate of drug-likeness (QED) is 0.119. The van der Waals surface area contributed by atoms with E-state index in [4.69, 9.17) is 0 Å². The van der Waals surface area contributed by atoms with Crippen molar-refractivity contribution in [1.82, 2.24) is 0 Å². The Bertz CT molecular complexity index is 4550. The van der Waals surface area contributed by atoms with Crippen LogP contribution in [0, 0.1) is 0 Å². The van der Waals surface area contributed by atoms with Gasteiger partial charge in [0, 0.05) is 33.7 Å². The zero-order chi connectivity index (χ0) is 53.7. The summed E-state index contributed by atoms with van der Waals surface area (Å²) in [4.78, 5) is 4.93. The Labute approximate surface area is 473 Å². The van der Waals surface area contributed by atoms with Crippen molar-refractivity contribution < 1.29 is 0 Å². The standard InChI is InChI=1S/C79H54N2/c1-8-26-55(27-9-1)57-44-47-64(48-45-57)80(62-36-18-6-19-37-62)65-49-50-70-72(53-65)66-40-22-24-42-68(66)77-76-69-43-25-23-41-67(69)75(54-73(76)79(78(70)77,60-32-14-4-15-33-60)61-34-16-5-17-35-61)81(63-38-20-7-21-39-63)74-51-46-59(56-28-10-2-11-29-56)52-71(74)58-30-12-3-13-31-58/h1-54H. The molecule has 2 nitrogen and oxygen atoms in total. The minimum Gasteiger partial charge on any atom is -0.310 e. The second kappa shape index (κ2) is 20.0. The molecule has 0 fully saturated rings. The van der Waals surface area contributed by atoms with Crippen LogP contribution in [-0.4, -0.2) is 0 Å². The maximum absolute atomic E-state index is 2.57. The van der Waals surface area contributed by atoms with Gasteiger partial charge in [-0.1, -0.05) is 261 Å². The fourth-order valence-electron chi connectivity index (χ4n) is 13.2. The van der Waals surface area contributed by atoms with Crippen molar-refractivity contribution >= 4 is 66.4 Å². The van der Waals surface area contributed by atoms with Gasteiger partial charge in [-0.3, -0.25) is 0 Å². The van der Waals surface area contributed by atoms with Gasteiger partial charge in [0.15, 0.2) is 0 Å². The first kappa shape index (κ1) is 47.7. The van der Waals surface area contributed by atoms with Crippen LogP contribution in [0.2, 0.25) is 0 Å². The Morgan fingerprint density at radius 1 is 0.222 bits per heavy atom. The molecular formula is C79H54N2. The van der Waals surface area contributed by atoms with E-state index in [9.17, 15) is 0 Å². The molecule has 15 rings (SSSR count). The Hall–Kier alpha value is -10.5. The molecule has 0 saturated heterocycles. The maximum atomic E-state index is 2.57. The topological polar surface area (TPSA) is 6.48 Å². The van der Waals surface area contributed by atoms with E-state index in [1.165, 1.54) is 88.0 Å². The van der Waals surface area contributed by atoms with Crippen LogP contribution >= 0.6 is 0 Å². The van der Waals surface area contributed by atoms with Crippen LogP contribution in [0.3, 0.4) is 0 Å². The van der Waals surface area contributed by atoms with Crippen LogP contribution in [0.5, 0.6) is 0 Å². The first-order valence-electron chi connectivity index (χ1n) is 28.0. The number of fused-ring (bicyclic) bond motifs is 10. The Morgan fingerprint density at radius 3 is 1.22 bits per heavy atom. The van der Waals surface area contributed by atoms with Gasteiger partial charge in [-0.25, -0.2) is 0 Å². The Morgan fingerprint density at radius 2 is 0.642 bits per heavy atom. The average Bonchev–Trinajstić information content (AvgIpc) is 3.57. The van der Waals surface area contributed by atoms with E-state index in [-0.39, 0.29) is 0 Å². The largest absolute Gasteiger partial charge is 0.310 e. The van der Waals surface area contributed by atoms with Crippen LogP contribution in [0.4, 0.5) is 34.1 Å². The average molecular weight is 1030 g/mol. The lowest BCUT2D eigenvalue weighted by atomic mass is 9.66. The summed E-state index contributed by atoms with van der Waals surface area (Å²) >= 11 is 0. The van der Waals surface area contributed by atoms with Gasteiger partial charge in [0.2, 0.25) is 0 Å². The van der Waals surface area contributed by atoms with Crippen molar-refractivity contribution in [3.05, 3.63) is 350 Å². The highest BCUT2D eigenvalue weighted by molar-refractivity contribution is 6.24.